The number of benzene rings is 6. The van der Waals surface area contributed by atoms with Crippen LogP contribution in [0.1, 0.15) is 80.2 Å². The summed E-state index contributed by atoms with van der Waals surface area (Å²) in [4.78, 5) is 1.38. The van der Waals surface area contributed by atoms with Gasteiger partial charge in [0.05, 0.1) is 6.61 Å². The lowest BCUT2D eigenvalue weighted by molar-refractivity contribution is -0.162. The molecule has 1 aliphatic heterocycles. The third-order valence-electron chi connectivity index (χ3n) is 10.4. The maximum absolute atomic E-state index is 14.0. The minimum Gasteiger partial charge on any atom is -0.494 e. The summed E-state index contributed by atoms with van der Waals surface area (Å²) < 4.78 is 57.3. The van der Waals surface area contributed by atoms with Gasteiger partial charge in [0.2, 0.25) is 0 Å². The van der Waals surface area contributed by atoms with Crippen molar-refractivity contribution in [2.24, 2.45) is 0 Å². The van der Waals surface area contributed by atoms with Crippen LogP contribution >= 0.6 is 11.8 Å². The van der Waals surface area contributed by atoms with Crippen LogP contribution in [-0.4, -0.2) is 39.6 Å². The Hall–Kier alpha value is -5.10. The van der Waals surface area contributed by atoms with Gasteiger partial charge >= 0.3 is 10.1 Å². The normalized spacial score (nSPS) is 14.6. The molecule has 2 unspecified atom stereocenters. The highest BCUT2D eigenvalue weighted by Gasteiger charge is 2.25. The molecule has 6 aromatic carbocycles. The summed E-state index contributed by atoms with van der Waals surface area (Å²) >= 11 is 1.33. The summed E-state index contributed by atoms with van der Waals surface area (Å²) in [6, 6.07) is 44.9. The first kappa shape index (κ1) is 44.0. The van der Waals surface area contributed by atoms with Crippen LogP contribution in [0.25, 0.3) is 11.1 Å². The van der Waals surface area contributed by atoms with E-state index in [4.69, 9.17) is 23.1 Å². The average molecular weight is 859 g/mol. The minimum atomic E-state index is -4.28. The highest BCUT2D eigenvalue weighted by atomic mass is 32.2. The predicted molar refractivity (Wildman–Crippen MR) is 241 cm³/mol. The number of hydrogen-bond acceptors (Lipinski definition) is 9. The van der Waals surface area contributed by atoms with Crippen molar-refractivity contribution in [3.8, 4) is 28.4 Å². The second-order valence-corrected chi connectivity index (χ2v) is 17.7. The first-order valence-corrected chi connectivity index (χ1v) is 23.4. The monoisotopic (exact) mass is 858 g/mol. The van der Waals surface area contributed by atoms with Gasteiger partial charge in [-0.25, -0.2) is 0 Å². The molecule has 0 aliphatic carbocycles. The van der Waals surface area contributed by atoms with Crippen LogP contribution in [-0.2, 0) is 32.6 Å². The van der Waals surface area contributed by atoms with Crippen molar-refractivity contribution < 1.29 is 36.7 Å². The van der Waals surface area contributed by atoms with Gasteiger partial charge in [-0.2, -0.15) is 8.42 Å². The molecule has 1 saturated heterocycles. The summed E-state index contributed by atoms with van der Waals surface area (Å²) in [5.74, 6) is 1.75. The molecule has 6 aromatic rings. The van der Waals surface area contributed by atoms with Crippen molar-refractivity contribution in [2.45, 2.75) is 92.0 Å². The highest BCUT2D eigenvalue weighted by molar-refractivity contribution is 8.00. The maximum Gasteiger partial charge on any atom is 0.340 e. The van der Waals surface area contributed by atoms with Crippen molar-refractivity contribution >= 4 is 21.9 Å². The standard InChI is InChI=1S/C51H54O8S2/c1-2-3-32-55-42-27-29-45(30-28-42)60-48-31-24-40(36-49(48)61(53,54)59-44-17-5-4-6-18-44)46-19-7-8-20-47(46)51(52)41-16-13-15-39(35-41)37-58-43-25-22-38(23-26-43)14-9-11-33-56-50-21-10-12-34-57-50/h4-8,13,15-20,22-31,35-36,50-52H,2-3,9-12,14,21,32-34,37H2,1H3. The Morgan fingerprint density at radius 2 is 1.49 bits per heavy atom. The molecule has 1 aliphatic rings. The Balaban J connectivity index is 1.04. The fraction of sp³-hybridized carbons (Fsp3) is 0.294. The van der Waals surface area contributed by atoms with Gasteiger partial charge in [-0.3, -0.25) is 0 Å². The lowest BCUT2D eigenvalue weighted by atomic mass is 9.92. The molecule has 1 heterocycles. The number of aliphatic hydroxyl groups excluding tert-OH is 1. The molecular formula is C51H54O8S2. The molecule has 61 heavy (non-hydrogen) atoms. The van der Waals surface area contributed by atoms with Crippen molar-refractivity contribution in [1.82, 2.24) is 0 Å². The quantitative estimate of drug-likeness (QED) is 0.0560. The van der Waals surface area contributed by atoms with Crippen molar-refractivity contribution in [3.05, 3.63) is 168 Å². The maximum atomic E-state index is 14.0. The van der Waals surface area contributed by atoms with E-state index in [1.165, 1.54) is 23.7 Å². The van der Waals surface area contributed by atoms with E-state index in [0.717, 1.165) is 80.1 Å². The zero-order chi connectivity index (χ0) is 42.3. The highest BCUT2D eigenvalue weighted by Crippen LogP contribution is 2.39. The Kier molecular flexibility index (Phi) is 16.0. The summed E-state index contributed by atoms with van der Waals surface area (Å²) in [7, 11) is -4.28. The molecule has 0 bridgehead atoms. The van der Waals surface area contributed by atoms with Crippen LogP contribution in [0.3, 0.4) is 0 Å². The SMILES string of the molecule is CCCCOc1ccc(Sc2ccc(-c3ccccc3C(O)c3cccc(COc4ccc(CCCCOC5CCCCO5)cc4)c3)cc2S(=O)(=O)Oc2ccccc2)cc1. The zero-order valence-corrected chi connectivity index (χ0v) is 36.3. The Bertz CT molecular complexity index is 2380. The second-order valence-electron chi connectivity index (χ2n) is 15.1. The number of aliphatic hydroxyl groups is 1. The fourth-order valence-electron chi connectivity index (χ4n) is 7.11. The number of unbranched alkanes of at least 4 members (excludes halogenated alkanes) is 2. The predicted octanol–water partition coefficient (Wildman–Crippen LogP) is 12.0. The van der Waals surface area contributed by atoms with Gasteiger partial charge < -0.3 is 28.2 Å². The average Bonchev–Trinajstić information content (AvgIpc) is 3.30. The van der Waals surface area contributed by atoms with Crippen molar-refractivity contribution in [1.29, 1.82) is 0 Å². The molecule has 1 fully saturated rings. The molecule has 2 atom stereocenters. The van der Waals surface area contributed by atoms with Crippen molar-refractivity contribution in [2.75, 3.05) is 19.8 Å². The first-order chi connectivity index (χ1) is 29.8. The molecule has 0 spiro atoms. The van der Waals surface area contributed by atoms with E-state index in [1.807, 2.05) is 91.0 Å². The van der Waals surface area contributed by atoms with E-state index >= 15 is 0 Å². The molecule has 8 nitrogen and oxygen atoms in total. The number of ether oxygens (including phenoxy) is 4. The lowest BCUT2D eigenvalue weighted by Crippen LogP contribution is -2.22. The molecule has 0 saturated carbocycles. The summed E-state index contributed by atoms with van der Waals surface area (Å²) in [5, 5.41) is 11.9. The molecule has 0 radical (unpaired) electrons. The van der Waals surface area contributed by atoms with Gasteiger partial charge in [-0.05, 0) is 145 Å². The molecule has 7 rings (SSSR count). The van der Waals surface area contributed by atoms with E-state index in [2.05, 4.69) is 19.1 Å². The summed E-state index contributed by atoms with van der Waals surface area (Å²) in [6.07, 6.45) is 7.29. The van der Waals surface area contributed by atoms with Gasteiger partial charge in [0.25, 0.3) is 0 Å². The topological polar surface area (TPSA) is 101 Å². The molecule has 1 N–H and O–H groups in total. The summed E-state index contributed by atoms with van der Waals surface area (Å²) in [5.41, 5.74) is 4.82. The van der Waals surface area contributed by atoms with Crippen LogP contribution < -0.4 is 13.7 Å². The smallest absolute Gasteiger partial charge is 0.340 e. The molecule has 10 heteroatoms. The number of aryl methyl sites for hydroxylation is 1. The van der Waals surface area contributed by atoms with Gasteiger partial charge in [0.1, 0.15) is 34.9 Å². The van der Waals surface area contributed by atoms with Gasteiger partial charge in [0.15, 0.2) is 6.29 Å². The largest absolute Gasteiger partial charge is 0.494 e. The Labute approximate surface area is 365 Å². The number of para-hydroxylation sites is 1. The van der Waals surface area contributed by atoms with Crippen LogP contribution in [0, 0.1) is 0 Å². The van der Waals surface area contributed by atoms with E-state index in [1.54, 1.807) is 42.5 Å². The number of hydrogen-bond donors (Lipinski definition) is 1. The van der Waals surface area contributed by atoms with E-state index in [-0.39, 0.29) is 16.9 Å². The van der Waals surface area contributed by atoms with Gasteiger partial charge in [0, 0.05) is 23.0 Å². The Morgan fingerprint density at radius 3 is 2.28 bits per heavy atom. The van der Waals surface area contributed by atoms with E-state index in [0.29, 0.717) is 40.4 Å². The van der Waals surface area contributed by atoms with Crippen LogP contribution in [0.5, 0.6) is 17.2 Å². The third-order valence-corrected chi connectivity index (χ3v) is 12.9. The molecule has 0 amide bonds. The molecule has 318 valence electrons. The van der Waals surface area contributed by atoms with Crippen LogP contribution in [0.2, 0.25) is 0 Å². The fourth-order valence-corrected chi connectivity index (χ4v) is 9.40. The zero-order valence-electron chi connectivity index (χ0n) is 34.6. The van der Waals surface area contributed by atoms with Crippen LogP contribution in [0.15, 0.2) is 160 Å². The number of rotatable bonds is 21. The molecular weight excluding hydrogens is 805 g/mol. The third kappa shape index (κ3) is 12.7. The van der Waals surface area contributed by atoms with Crippen molar-refractivity contribution in [3.63, 3.8) is 0 Å². The van der Waals surface area contributed by atoms with Gasteiger partial charge in [-0.1, -0.05) is 104 Å². The van der Waals surface area contributed by atoms with Gasteiger partial charge in [-0.15, -0.1) is 0 Å². The van der Waals surface area contributed by atoms with Crippen LogP contribution in [0.4, 0.5) is 0 Å². The summed E-state index contributed by atoms with van der Waals surface area (Å²) in [6.45, 7) is 4.62. The Morgan fingerprint density at radius 1 is 0.721 bits per heavy atom. The minimum absolute atomic E-state index is 0.0218. The second kappa shape index (κ2) is 22.1. The van der Waals surface area contributed by atoms with E-state index in [9.17, 15) is 13.5 Å². The first-order valence-electron chi connectivity index (χ1n) is 21.2. The van der Waals surface area contributed by atoms with E-state index < -0.39 is 16.2 Å². The molecule has 0 aromatic heterocycles. The lowest BCUT2D eigenvalue weighted by Gasteiger charge is -2.22.